The fraction of sp³-hybridized carbons (Fsp3) is 0.933. The summed E-state index contributed by atoms with van der Waals surface area (Å²) in [6.45, 7) is 7.22. The first kappa shape index (κ1) is 16.4. The van der Waals surface area contributed by atoms with Crippen molar-refractivity contribution in [2.75, 3.05) is 13.2 Å². The Bertz CT molecular complexity index is 271. The average molecular weight is 270 g/mol. The molecule has 0 saturated heterocycles. The molecule has 1 saturated carbocycles. The van der Waals surface area contributed by atoms with Crippen molar-refractivity contribution in [1.29, 1.82) is 0 Å². The van der Waals surface area contributed by atoms with Crippen molar-refractivity contribution >= 4 is 5.91 Å². The first-order chi connectivity index (χ1) is 9.01. The van der Waals surface area contributed by atoms with Crippen LogP contribution in [0.5, 0.6) is 0 Å². The van der Waals surface area contributed by atoms with Gasteiger partial charge in [-0.2, -0.15) is 0 Å². The molecule has 1 fully saturated rings. The molecule has 0 atom stereocenters. The van der Waals surface area contributed by atoms with Gasteiger partial charge >= 0.3 is 0 Å². The third kappa shape index (κ3) is 5.49. The van der Waals surface area contributed by atoms with Crippen LogP contribution in [0.15, 0.2) is 0 Å². The second-order valence-electron chi connectivity index (χ2n) is 6.06. The number of hydrogen-bond acceptors (Lipinski definition) is 3. The zero-order chi connectivity index (χ0) is 14.3. The summed E-state index contributed by atoms with van der Waals surface area (Å²) in [5.41, 5.74) is 5.72. The molecule has 0 unspecified atom stereocenters. The maximum atomic E-state index is 11.6. The molecule has 3 N–H and O–H groups in total. The summed E-state index contributed by atoms with van der Waals surface area (Å²) >= 11 is 0. The number of nitrogens with one attached hydrogen (secondary N) is 1. The Morgan fingerprint density at radius 3 is 2.53 bits per heavy atom. The van der Waals surface area contributed by atoms with Crippen LogP contribution in [0.1, 0.15) is 59.3 Å². The van der Waals surface area contributed by atoms with Gasteiger partial charge in [-0.3, -0.25) is 4.79 Å². The van der Waals surface area contributed by atoms with Gasteiger partial charge in [-0.05, 0) is 45.4 Å². The van der Waals surface area contributed by atoms with E-state index in [9.17, 15) is 4.79 Å². The number of hydrogen-bond donors (Lipinski definition) is 2. The van der Waals surface area contributed by atoms with E-state index in [1.807, 2.05) is 13.8 Å². The smallest absolute Gasteiger partial charge is 0.222 e. The minimum absolute atomic E-state index is 0.0596. The van der Waals surface area contributed by atoms with Crippen molar-refractivity contribution in [3.8, 4) is 0 Å². The van der Waals surface area contributed by atoms with E-state index in [2.05, 4.69) is 12.2 Å². The first-order valence-electron chi connectivity index (χ1n) is 7.64. The van der Waals surface area contributed by atoms with Gasteiger partial charge in [0.1, 0.15) is 0 Å². The Morgan fingerprint density at radius 1 is 1.42 bits per heavy atom. The number of carbonyl (C=O) groups is 1. The first-order valence-corrected chi connectivity index (χ1v) is 7.64. The number of ether oxygens (including phenoxy) is 1. The van der Waals surface area contributed by atoms with Crippen molar-refractivity contribution in [2.45, 2.75) is 70.9 Å². The highest BCUT2D eigenvalue weighted by Crippen LogP contribution is 2.35. The lowest BCUT2D eigenvalue weighted by molar-refractivity contribution is -0.125. The van der Waals surface area contributed by atoms with E-state index in [1.54, 1.807) is 0 Å². The molecule has 0 aromatic heterocycles. The van der Waals surface area contributed by atoms with Crippen LogP contribution in [-0.2, 0) is 9.53 Å². The van der Waals surface area contributed by atoms with E-state index in [1.165, 1.54) is 19.3 Å². The molecule has 0 aromatic rings. The molecule has 0 radical (unpaired) electrons. The van der Waals surface area contributed by atoms with Crippen molar-refractivity contribution in [3.05, 3.63) is 0 Å². The molecular formula is C15H30N2O2. The second kappa shape index (κ2) is 7.85. The van der Waals surface area contributed by atoms with Gasteiger partial charge in [0, 0.05) is 19.0 Å². The Morgan fingerprint density at radius 2 is 2.05 bits per heavy atom. The van der Waals surface area contributed by atoms with Crippen LogP contribution in [0.4, 0.5) is 0 Å². The molecule has 4 nitrogen and oxygen atoms in total. The lowest BCUT2D eigenvalue weighted by Gasteiger charge is -2.39. The third-order valence-corrected chi connectivity index (χ3v) is 4.15. The van der Waals surface area contributed by atoms with E-state index >= 15 is 0 Å². The predicted molar refractivity (Wildman–Crippen MR) is 77.9 cm³/mol. The topological polar surface area (TPSA) is 64.3 Å². The largest absolute Gasteiger partial charge is 0.373 e. The van der Waals surface area contributed by atoms with Crippen LogP contribution in [0.3, 0.4) is 0 Å². The highest BCUT2D eigenvalue weighted by Gasteiger charge is 2.34. The second-order valence-corrected chi connectivity index (χ2v) is 6.06. The molecule has 0 aromatic carbocycles. The highest BCUT2D eigenvalue weighted by molar-refractivity contribution is 5.76. The fourth-order valence-corrected chi connectivity index (χ4v) is 2.77. The lowest BCUT2D eigenvalue weighted by Crippen LogP contribution is -2.44. The monoisotopic (exact) mass is 270 g/mol. The van der Waals surface area contributed by atoms with Crippen LogP contribution in [0, 0.1) is 5.92 Å². The molecular weight excluding hydrogens is 240 g/mol. The molecule has 1 aliphatic rings. The minimum Gasteiger partial charge on any atom is -0.373 e. The molecule has 1 aliphatic carbocycles. The molecule has 19 heavy (non-hydrogen) atoms. The van der Waals surface area contributed by atoms with Crippen molar-refractivity contribution in [3.63, 3.8) is 0 Å². The van der Waals surface area contributed by atoms with E-state index in [-0.39, 0.29) is 17.6 Å². The summed E-state index contributed by atoms with van der Waals surface area (Å²) in [6.07, 6.45) is 6.15. The predicted octanol–water partition coefficient (Wildman–Crippen LogP) is 2.22. The molecule has 0 aliphatic heterocycles. The summed E-state index contributed by atoms with van der Waals surface area (Å²) in [5.74, 6) is 0.886. The van der Waals surface area contributed by atoms with Gasteiger partial charge in [0.15, 0.2) is 0 Å². The number of rotatable bonds is 7. The fourth-order valence-electron chi connectivity index (χ4n) is 2.77. The molecule has 112 valence electrons. The van der Waals surface area contributed by atoms with Gasteiger partial charge in [-0.15, -0.1) is 0 Å². The Hall–Kier alpha value is -0.610. The maximum absolute atomic E-state index is 11.6. The van der Waals surface area contributed by atoms with Crippen molar-refractivity contribution < 1.29 is 9.53 Å². The van der Waals surface area contributed by atoms with E-state index in [0.717, 1.165) is 18.8 Å². The standard InChI is InChI=1S/C15H30N2O2/c1-4-13-5-8-15(11-16,9-6-13)19-10-7-14(18)17-12(2)3/h12-13H,4-11,16H2,1-3H3,(H,17,18). The highest BCUT2D eigenvalue weighted by atomic mass is 16.5. The summed E-state index contributed by atoms with van der Waals surface area (Å²) in [6, 6.07) is 0.191. The zero-order valence-corrected chi connectivity index (χ0v) is 12.7. The van der Waals surface area contributed by atoms with Gasteiger partial charge in [0.05, 0.1) is 12.2 Å². The van der Waals surface area contributed by atoms with Crippen LogP contribution in [0.25, 0.3) is 0 Å². The Labute approximate surface area is 117 Å². The average Bonchev–Trinajstić information content (AvgIpc) is 2.38. The normalized spacial score (nSPS) is 27.5. The SMILES string of the molecule is CCC1CCC(CN)(OCCC(=O)NC(C)C)CC1. The molecule has 0 spiro atoms. The van der Waals surface area contributed by atoms with E-state index in [4.69, 9.17) is 10.5 Å². The van der Waals surface area contributed by atoms with Gasteiger partial charge in [0.25, 0.3) is 0 Å². The van der Waals surface area contributed by atoms with Crippen LogP contribution >= 0.6 is 0 Å². The molecule has 0 bridgehead atoms. The third-order valence-electron chi connectivity index (χ3n) is 4.15. The van der Waals surface area contributed by atoms with Crippen molar-refractivity contribution in [2.24, 2.45) is 11.7 Å². The van der Waals surface area contributed by atoms with Crippen molar-refractivity contribution in [1.82, 2.24) is 5.32 Å². The summed E-state index contributed by atoms with van der Waals surface area (Å²) in [4.78, 5) is 11.6. The van der Waals surface area contributed by atoms with Gasteiger partial charge in [-0.1, -0.05) is 13.3 Å². The van der Waals surface area contributed by atoms with E-state index < -0.39 is 0 Å². The van der Waals surface area contributed by atoms with Crippen LogP contribution in [-0.4, -0.2) is 30.7 Å². The Balaban J connectivity index is 2.31. The molecule has 0 heterocycles. The van der Waals surface area contributed by atoms with Gasteiger partial charge in [0.2, 0.25) is 5.91 Å². The minimum atomic E-state index is -0.177. The van der Waals surface area contributed by atoms with Gasteiger partial charge in [-0.25, -0.2) is 0 Å². The zero-order valence-electron chi connectivity index (χ0n) is 12.7. The lowest BCUT2D eigenvalue weighted by atomic mass is 9.77. The van der Waals surface area contributed by atoms with Gasteiger partial charge < -0.3 is 15.8 Å². The number of amides is 1. The number of carbonyl (C=O) groups excluding carboxylic acids is 1. The van der Waals surface area contributed by atoms with E-state index in [0.29, 0.717) is 19.6 Å². The Kier molecular flexibility index (Phi) is 6.80. The van der Waals surface area contributed by atoms with Crippen LogP contribution < -0.4 is 11.1 Å². The molecule has 1 amide bonds. The summed E-state index contributed by atoms with van der Waals surface area (Å²) < 4.78 is 5.98. The molecule has 4 heteroatoms. The van der Waals surface area contributed by atoms with Crippen LogP contribution in [0.2, 0.25) is 0 Å². The number of nitrogens with two attached hydrogens (primary N) is 1. The summed E-state index contributed by atoms with van der Waals surface area (Å²) in [5, 5.41) is 2.88. The quantitative estimate of drug-likeness (QED) is 0.745. The summed E-state index contributed by atoms with van der Waals surface area (Å²) in [7, 11) is 0. The maximum Gasteiger partial charge on any atom is 0.222 e. The molecule has 1 rings (SSSR count).